The SMILES string of the molecule is COc1ccc(N2C(=O)COCC2=O)cc1N. The minimum absolute atomic E-state index is 0.0995. The molecule has 2 rings (SSSR count). The smallest absolute Gasteiger partial charge is 0.259 e. The molecule has 1 aliphatic rings. The first-order valence-electron chi connectivity index (χ1n) is 5.00. The molecule has 2 N–H and O–H groups in total. The molecule has 0 radical (unpaired) electrons. The molecule has 0 aromatic heterocycles. The van der Waals surface area contributed by atoms with Crippen molar-refractivity contribution in [3.8, 4) is 5.75 Å². The first-order valence-corrected chi connectivity index (χ1v) is 5.00. The number of hydrogen-bond donors (Lipinski definition) is 1. The van der Waals surface area contributed by atoms with Gasteiger partial charge >= 0.3 is 0 Å². The molecule has 1 heterocycles. The van der Waals surface area contributed by atoms with Crippen LogP contribution in [0.3, 0.4) is 0 Å². The van der Waals surface area contributed by atoms with Gasteiger partial charge in [0.2, 0.25) is 0 Å². The van der Waals surface area contributed by atoms with Gasteiger partial charge in [0.05, 0.1) is 18.5 Å². The van der Waals surface area contributed by atoms with Gasteiger partial charge in [-0.05, 0) is 18.2 Å². The van der Waals surface area contributed by atoms with Crippen LogP contribution in [0.15, 0.2) is 18.2 Å². The largest absolute Gasteiger partial charge is 0.495 e. The second-order valence-corrected chi connectivity index (χ2v) is 3.54. The molecule has 6 nitrogen and oxygen atoms in total. The first kappa shape index (κ1) is 11.4. The summed E-state index contributed by atoms with van der Waals surface area (Å²) in [5.74, 6) is -0.293. The molecule has 0 bridgehead atoms. The molecule has 0 saturated carbocycles. The third-order valence-corrected chi connectivity index (χ3v) is 2.42. The van der Waals surface area contributed by atoms with Gasteiger partial charge in [-0.1, -0.05) is 0 Å². The van der Waals surface area contributed by atoms with Gasteiger partial charge in [-0.25, -0.2) is 4.90 Å². The molecule has 90 valence electrons. The molecular weight excluding hydrogens is 224 g/mol. The fraction of sp³-hybridized carbons (Fsp3) is 0.273. The molecule has 1 saturated heterocycles. The quantitative estimate of drug-likeness (QED) is 0.584. The zero-order valence-corrected chi connectivity index (χ0v) is 9.30. The van der Waals surface area contributed by atoms with Crippen LogP contribution in [0.2, 0.25) is 0 Å². The van der Waals surface area contributed by atoms with E-state index in [1.807, 2.05) is 0 Å². The van der Waals surface area contributed by atoms with Crippen LogP contribution in [0, 0.1) is 0 Å². The number of hydrogen-bond acceptors (Lipinski definition) is 5. The molecule has 0 aliphatic carbocycles. The minimum Gasteiger partial charge on any atom is -0.495 e. The number of methoxy groups -OCH3 is 1. The fourth-order valence-electron chi connectivity index (χ4n) is 1.64. The Bertz CT molecular complexity index is 457. The topological polar surface area (TPSA) is 81.9 Å². The highest BCUT2D eigenvalue weighted by molar-refractivity contribution is 6.17. The highest BCUT2D eigenvalue weighted by atomic mass is 16.5. The van der Waals surface area contributed by atoms with Crippen LogP contribution >= 0.6 is 0 Å². The Morgan fingerprint density at radius 3 is 2.47 bits per heavy atom. The van der Waals surface area contributed by atoms with Gasteiger partial charge in [-0.3, -0.25) is 9.59 Å². The number of rotatable bonds is 2. The van der Waals surface area contributed by atoms with E-state index in [1.54, 1.807) is 12.1 Å². The monoisotopic (exact) mass is 236 g/mol. The molecular formula is C11H12N2O4. The number of benzene rings is 1. The zero-order chi connectivity index (χ0) is 12.4. The van der Waals surface area contributed by atoms with Gasteiger partial charge in [0, 0.05) is 0 Å². The summed E-state index contributed by atoms with van der Waals surface area (Å²) < 4.78 is 9.83. The summed E-state index contributed by atoms with van der Waals surface area (Å²) in [6.45, 7) is -0.199. The number of nitrogens with zero attached hydrogens (tertiary/aromatic N) is 1. The van der Waals surface area contributed by atoms with Gasteiger partial charge in [-0.15, -0.1) is 0 Å². The summed E-state index contributed by atoms with van der Waals surface area (Å²) in [5.41, 5.74) is 6.53. The summed E-state index contributed by atoms with van der Waals surface area (Å²) in [6, 6.07) is 4.75. The summed E-state index contributed by atoms with van der Waals surface area (Å²) in [6.07, 6.45) is 0. The minimum atomic E-state index is -0.397. The zero-order valence-electron chi connectivity index (χ0n) is 9.30. The van der Waals surface area contributed by atoms with Crippen LogP contribution in [-0.2, 0) is 14.3 Å². The maximum absolute atomic E-state index is 11.6. The number of morpholine rings is 1. The van der Waals surface area contributed by atoms with Gasteiger partial charge in [0.25, 0.3) is 11.8 Å². The van der Waals surface area contributed by atoms with Crippen LogP contribution in [0.1, 0.15) is 0 Å². The maximum atomic E-state index is 11.6. The van der Waals surface area contributed by atoms with E-state index in [0.717, 1.165) is 4.90 Å². The molecule has 1 fully saturated rings. The second-order valence-electron chi connectivity index (χ2n) is 3.54. The molecule has 0 spiro atoms. The molecule has 0 unspecified atom stereocenters. The third kappa shape index (κ3) is 2.07. The van der Waals surface area contributed by atoms with Crippen LogP contribution in [-0.4, -0.2) is 32.1 Å². The van der Waals surface area contributed by atoms with E-state index in [4.69, 9.17) is 15.2 Å². The van der Waals surface area contributed by atoms with Crippen molar-refractivity contribution in [1.29, 1.82) is 0 Å². The highest BCUT2D eigenvalue weighted by Gasteiger charge is 2.28. The Morgan fingerprint density at radius 2 is 1.94 bits per heavy atom. The molecule has 2 amide bonds. The van der Waals surface area contributed by atoms with E-state index >= 15 is 0 Å². The number of imide groups is 1. The van der Waals surface area contributed by atoms with Crippen molar-refractivity contribution in [2.45, 2.75) is 0 Å². The van der Waals surface area contributed by atoms with Crippen LogP contribution in [0.4, 0.5) is 11.4 Å². The molecule has 1 aliphatic heterocycles. The lowest BCUT2D eigenvalue weighted by Gasteiger charge is -2.25. The average molecular weight is 236 g/mol. The van der Waals surface area contributed by atoms with Crippen molar-refractivity contribution < 1.29 is 19.1 Å². The average Bonchev–Trinajstić information content (AvgIpc) is 2.29. The van der Waals surface area contributed by atoms with Crippen molar-refractivity contribution in [3.63, 3.8) is 0 Å². The predicted molar refractivity (Wildman–Crippen MR) is 60.7 cm³/mol. The molecule has 1 aromatic carbocycles. The number of amides is 2. The van der Waals surface area contributed by atoms with Crippen molar-refractivity contribution in [2.24, 2.45) is 0 Å². The Balaban J connectivity index is 2.35. The number of carbonyl (C=O) groups excluding carboxylic acids is 2. The van der Waals surface area contributed by atoms with Crippen LogP contribution in [0.25, 0.3) is 0 Å². The summed E-state index contributed by atoms with van der Waals surface area (Å²) in [7, 11) is 1.50. The Morgan fingerprint density at radius 1 is 1.29 bits per heavy atom. The first-order chi connectivity index (χ1) is 8.13. The predicted octanol–water partition coefficient (Wildman–Crippen LogP) is 0.167. The number of nitrogen functional groups attached to an aromatic ring is 1. The van der Waals surface area contributed by atoms with Crippen molar-refractivity contribution in [2.75, 3.05) is 31.0 Å². The van der Waals surface area contributed by atoms with Crippen molar-refractivity contribution in [1.82, 2.24) is 0 Å². The summed E-state index contributed by atoms with van der Waals surface area (Å²) >= 11 is 0. The standard InChI is InChI=1S/C11H12N2O4/c1-16-9-3-2-7(4-8(9)12)13-10(14)5-17-6-11(13)15/h2-4H,5-6,12H2,1H3. The van der Waals surface area contributed by atoms with Gasteiger partial charge in [0.1, 0.15) is 19.0 Å². The van der Waals surface area contributed by atoms with Crippen molar-refractivity contribution in [3.05, 3.63) is 18.2 Å². The fourth-order valence-corrected chi connectivity index (χ4v) is 1.64. The van der Waals surface area contributed by atoms with Gasteiger partial charge in [-0.2, -0.15) is 0 Å². The number of carbonyl (C=O) groups is 2. The Kier molecular flexibility index (Phi) is 2.97. The van der Waals surface area contributed by atoms with E-state index in [2.05, 4.69) is 0 Å². The lowest BCUT2D eigenvalue weighted by atomic mass is 10.2. The Labute approximate surface area is 97.9 Å². The van der Waals surface area contributed by atoms with Gasteiger partial charge in [0.15, 0.2) is 0 Å². The summed E-state index contributed by atoms with van der Waals surface area (Å²) in [5, 5.41) is 0. The summed E-state index contributed by atoms with van der Waals surface area (Å²) in [4.78, 5) is 24.2. The van der Waals surface area contributed by atoms with E-state index in [-0.39, 0.29) is 13.2 Å². The Hall–Kier alpha value is -2.08. The maximum Gasteiger partial charge on any atom is 0.259 e. The van der Waals surface area contributed by atoms with Crippen LogP contribution < -0.4 is 15.4 Å². The third-order valence-electron chi connectivity index (χ3n) is 2.42. The van der Waals surface area contributed by atoms with Gasteiger partial charge < -0.3 is 15.2 Å². The van der Waals surface area contributed by atoms with Crippen molar-refractivity contribution >= 4 is 23.2 Å². The van der Waals surface area contributed by atoms with Crippen LogP contribution in [0.5, 0.6) is 5.75 Å². The molecule has 0 atom stereocenters. The molecule has 6 heteroatoms. The molecule has 17 heavy (non-hydrogen) atoms. The number of nitrogens with two attached hydrogens (primary N) is 1. The lowest BCUT2D eigenvalue weighted by molar-refractivity contribution is -0.138. The normalized spacial score (nSPS) is 16.2. The lowest BCUT2D eigenvalue weighted by Crippen LogP contribution is -2.46. The molecule has 1 aromatic rings. The van der Waals surface area contributed by atoms with E-state index in [0.29, 0.717) is 17.1 Å². The second kappa shape index (κ2) is 4.42. The number of anilines is 2. The van der Waals surface area contributed by atoms with E-state index in [1.165, 1.54) is 13.2 Å². The van der Waals surface area contributed by atoms with E-state index < -0.39 is 11.8 Å². The highest BCUT2D eigenvalue weighted by Crippen LogP contribution is 2.27. The van der Waals surface area contributed by atoms with E-state index in [9.17, 15) is 9.59 Å². The number of ether oxygens (including phenoxy) is 2.